The van der Waals surface area contributed by atoms with Crippen LogP contribution in [-0.4, -0.2) is 77.1 Å². The van der Waals surface area contributed by atoms with Gasteiger partial charge in [0.15, 0.2) is 10.8 Å². The molecule has 2 aromatic carbocycles. The predicted molar refractivity (Wildman–Crippen MR) is 159 cm³/mol. The van der Waals surface area contributed by atoms with Gasteiger partial charge >= 0.3 is 0 Å². The van der Waals surface area contributed by atoms with Gasteiger partial charge in [-0.25, -0.2) is 4.98 Å². The third-order valence-electron chi connectivity index (χ3n) is 8.21. The maximum Gasteiger partial charge on any atom is 0.284 e. The standard InChI is InChI=1S/C31H40N4O4S/c1-20-16-35(21(2)19-36)31(38)23-12-9-14-25(32-29(37)30-33-24-13-7-8-15-27(24)40-30)28(23)39-26(20)18-34(3)17-22-10-5-4-6-11-22/h7-9,12-15,20-22,26,36H,4-6,10-11,16-19H2,1-3H3,(H,32,37)/t20-,21+,26-/m1/s1. The summed E-state index contributed by atoms with van der Waals surface area (Å²) >= 11 is 1.33. The molecule has 5 rings (SSSR count). The first-order valence-electron chi connectivity index (χ1n) is 14.4. The third-order valence-corrected chi connectivity index (χ3v) is 9.25. The molecule has 0 radical (unpaired) electrons. The molecule has 1 aromatic heterocycles. The first-order chi connectivity index (χ1) is 19.3. The van der Waals surface area contributed by atoms with Crippen molar-refractivity contribution in [2.75, 3.05) is 38.6 Å². The van der Waals surface area contributed by atoms with E-state index in [1.165, 1.54) is 43.4 Å². The van der Waals surface area contributed by atoms with Crippen molar-refractivity contribution in [3.63, 3.8) is 0 Å². The van der Waals surface area contributed by atoms with Crippen molar-refractivity contribution in [3.05, 3.63) is 53.0 Å². The number of carbonyl (C=O) groups is 2. The fourth-order valence-corrected chi connectivity index (χ4v) is 6.76. The summed E-state index contributed by atoms with van der Waals surface area (Å²) in [6.07, 6.45) is 6.26. The Bertz CT molecular complexity index is 1300. The van der Waals surface area contributed by atoms with E-state index in [1.54, 1.807) is 23.1 Å². The van der Waals surface area contributed by atoms with Gasteiger partial charge in [-0.1, -0.05) is 44.4 Å². The molecule has 9 heteroatoms. The summed E-state index contributed by atoms with van der Waals surface area (Å²) < 4.78 is 7.62. The van der Waals surface area contributed by atoms with Crippen LogP contribution in [0.2, 0.25) is 0 Å². The molecular formula is C31H40N4O4S. The van der Waals surface area contributed by atoms with Crippen molar-refractivity contribution in [2.45, 2.75) is 58.1 Å². The van der Waals surface area contributed by atoms with Crippen LogP contribution in [0, 0.1) is 11.8 Å². The molecule has 2 aliphatic rings. The van der Waals surface area contributed by atoms with E-state index in [1.807, 2.05) is 31.2 Å². The summed E-state index contributed by atoms with van der Waals surface area (Å²) in [6, 6.07) is 12.6. The number of hydrogen-bond donors (Lipinski definition) is 2. The molecule has 3 aromatic rings. The largest absolute Gasteiger partial charge is 0.486 e. The number of likely N-dealkylation sites (N-methyl/N-ethyl adjacent to an activating group) is 1. The number of nitrogens with one attached hydrogen (secondary N) is 1. The van der Waals surface area contributed by atoms with Crippen LogP contribution in [0.25, 0.3) is 10.2 Å². The average Bonchev–Trinajstić information content (AvgIpc) is 3.40. The van der Waals surface area contributed by atoms with Crippen molar-refractivity contribution < 1.29 is 19.4 Å². The molecule has 8 nitrogen and oxygen atoms in total. The fourth-order valence-electron chi connectivity index (χ4n) is 5.90. The van der Waals surface area contributed by atoms with E-state index in [9.17, 15) is 14.7 Å². The van der Waals surface area contributed by atoms with Crippen molar-refractivity contribution in [2.24, 2.45) is 11.8 Å². The highest BCUT2D eigenvalue weighted by Gasteiger charge is 2.35. The summed E-state index contributed by atoms with van der Waals surface area (Å²) in [5.74, 6) is 0.527. The molecule has 3 atom stereocenters. The van der Waals surface area contributed by atoms with Crippen molar-refractivity contribution in [1.29, 1.82) is 0 Å². The minimum atomic E-state index is -0.345. The number of rotatable bonds is 8. The van der Waals surface area contributed by atoms with Crippen LogP contribution in [0.4, 0.5) is 5.69 Å². The molecule has 1 fully saturated rings. The number of nitrogens with zero attached hydrogens (tertiary/aromatic N) is 3. The molecule has 0 saturated heterocycles. The Kier molecular flexibility index (Phi) is 9.03. The number of anilines is 1. The number of hydrogen-bond acceptors (Lipinski definition) is 7. The fraction of sp³-hybridized carbons (Fsp3) is 0.516. The average molecular weight is 565 g/mol. The van der Waals surface area contributed by atoms with Crippen molar-refractivity contribution >= 4 is 39.1 Å². The third kappa shape index (κ3) is 6.32. The first-order valence-corrected chi connectivity index (χ1v) is 15.2. The smallest absolute Gasteiger partial charge is 0.284 e. The lowest BCUT2D eigenvalue weighted by Gasteiger charge is -2.39. The zero-order chi connectivity index (χ0) is 28.2. The van der Waals surface area contributed by atoms with Crippen LogP contribution in [0.15, 0.2) is 42.5 Å². The molecule has 1 aliphatic heterocycles. The summed E-state index contributed by atoms with van der Waals surface area (Å²) in [5, 5.41) is 13.3. The zero-order valence-electron chi connectivity index (χ0n) is 23.6. The van der Waals surface area contributed by atoms with Gasteiger partial charge in [0.1, 0.15) is 6.10 Å². The quantitative estimate of drug-likeness (QED) is 0.387. The lowest BCUT2D eigenvalue weighted by atomic mass is 9.89. The molecule has 40 heavy (non-hydrogen) atoms. The minimum Gasteiger partial charge on any atom is -0.486 e. The van der Waals surface area contributed by atoms with Crippen LogP contribution >= 0.6 is 11.3 Å². The Hall–Kier alpha value is -3.01. The van der Waals surface area contributed by atoms with Crippen LogP contribution in [0.3, 0.4) is 0 Å². The molecule has 2 N–H and O–H groups in total. The first kappa shape index (κ1) is 28.5. The van der Waals surface area contributed by atoms with Gasteiger partial charge in [-0.3, -0.25) is 9.59 Å². The van der Waals surface area contributed by atoms with Gasteiger partial charge in [0.25, 0.3) is 11.8 Å². The van der Waals surface area contributed by atoms with Gasteiger partial charge in [0.05, 0.1) is 34.1 Å². The van der Waals surface area contributed by atoms with Crippen molar-refractivity contribution in [3.8, 4) is 5.75 Å². The molecule has 2 heterocycles. The van der Waals surface area contributed by atoms with Gasteiger partial charge in [-0.2, -0.15) is 0 Å². The summed E-state index contributed by atoms with van der Waals surface area (Å²) in [4.78, 5) is 35.6. The van der Waals surface area contributed by atoms with Gasteiger partial charge in [0.2, 0.25) is 0 Å². The predicted octanol–water partition coefficient (Wildman–Crippen LogP) is 5.28. The van der Waals surface area contributed by atoms with Crippen LogP contribution < -0.4 is 10.1 Å². The number of thiazole rings is 1. The van der Waals surface area contributed by atoms with E-state index in [0.29, 0.717) is 41.0 Å². The van der Waals surface area contributed by atoms with Gasteiger partial charge in [-0.05, 0) is 57.0 Å². The van der Waals surface area contributed by atoms with Crippen LogP contribution in [-0.2, 0) is 0 Å². The Balaban J connectivity index is 1.44. The number of aliphatic hydroxyl groups is 1. The van der Waals surface area contributed by atoms with E-state index in [0.717, 1.165) is 16.8 Å². The number of amides is 2. The normalized spacial score (nSPS) is 21.0. The summed E-state index contributed by atoms with van der Waals surface area (Å²) in [5.41, 5.74) is 1.60. The molecule has 1 saturated carbocycles. The molecule has 214 valence electrons. The molecule has 0 spiro atoms. The summed E-state index contributed by atoms with van der Waals surface area (Å²) in [6.45, 7) is 6.02. The number of carbonyl (C=O) groups excluding carboxylic acids is 2. The molecule has 1 aliphatic carbocycles. The highest BCUT2D eigenvalue weighted by molar-refractivity contribution is 7.20. The lowest BCUT2D eigenvalue weighted by molar-refractivity contribution is 0.0332. The second-order valence-corrected chi connectivity index (χ2v) is 12.5. The zero-order valence-corrected chi connectivity index (χ0v) is 24.5. The number of para-hydroxylation sites is 2. The maximum atomic E-state index is 13.8. The van der Waals surface area contributed by atoms with Gasteiger partial charge in [0, 0.05) is 25.6 Å². The Morgan fingerprint density at radius 3 is 2.70 bits per heavy atom. The van der Waals surface area contributed by atoms with Crippen LogP contribution in [0.1, 0.15) is 66.1 Å². The molecule has 0 bridgehead atoms. The highest BCUT2D eigenvalue weighted by Crippen LogP contribution is 2.36. The van der Waals surface area contributed by atoms with E-state index < -0.39 is 0 Å². The van der Waals surface area contributed by atoms with Crippen LogP contribution in [0.5, 0.6) is 5.75 Å². The minimum absolute atomic E-state index is 0.00734. The number of aromatic nitrogens is 1. The van der Waals surface area contributed by atoms with E-state index in [4.69, 9.17) is 4.74 Å². The monoisotopic (exact) mass is 564 g/mol. The Labute approximate surface area is 240 Å². The second-order valence-electron chi connectivity index (χ2n) is 11.5. The number of ether oxygens (including phenoxy) is 1. The van der Waals surface area contributed by atoms with Gasteiger partial charge < -0.3 is 25.0 Å². The van der Waals surface area contributed by atoms with Crippen molar-refractivity contribution in [1.82, 2.24) is 14.8 Å². The molecule has 0 unspecified atom stereocenters. The van der Waals surface area contributed by atoms with E-state index >= 15 is 0 Å². The maximum absolute atomic E-state index is 13.8. The van der Waals surface area contributed by atoms with E-state index in [2.05, 4.69) is 29.2 Å². The molecular weight excluding hydrogens is 524 g/mol. The number of aliphatic hydroxyl groups excluding tert-OH is 1. The highest BCUT2D eigenvalue weighted by atomic mass is 32.1. The number of fused-ring (bicyclic) bond motifs is 2. The Morgan fingerprint density at radius 2 is 1.95 bits per heavy atom. The second kappa shape index (κ2) is 12.7. The SMILES string of the molecule is C[C@@H]1CN([C@@H](C)CO)C(=O)c2cccc(NC(=O)c3nc4ccccc4s3)c2O[C@@H]1CN(C)CC1CCCCC1. The molecule has 2 amide bonds. The number of benzene rings is 2. The Morgan fingerprint density at radius 1 is 1.18 bits per heavy atom. The topological polar surface area (TPSA) is 95.0 Å². The summed E-state index contributed by atoms with van der Waals surface area (Å²) in [7, 11) is 2.14. The lowest BCUT2D eigenvalue weighted by Crippen LogP contribution is -2.50. The van der Waals surface area contributed by atoms with Gasteiger partial charge in [-0.15, -0.1) is 11.3 Å². The van der Waals surface area contributed by atoms with E-state index in [-0.39, 0.29) is 36.5 Å².